The average Bonchev–Trinajstić information content (AvgIpc) is 2.82. The molecule has 1 fully saturated rings. The molecule has 0 bridgehead atoms. The lowest BCUT2D eigenvalue weighted by atomic mass is 10.1. The number of hydrogen-bond donors (Lipinski definition) is 1. The largest absolute Gasteiger partial charge is 0.355 e. The molecule has 4 nitrogen and oxygen atoms in total. The van der Waals surface area contributed by atoms with Crippen LogP contribution in [0, 0.1) is 5.92 Å². The van der Waals surface area contributed by atoms with Crippen LogP contribution in [0.15, 0.2) is 30.3 Å². The molecule has 0 saturated carbocycles. The predicted octanol–water partition coefficient (Wildman–Crippen LogP) is 1.60. The van der Waals surface area contributed by atoms with Crippen molar-refractivity contribution in [2.45, 2.75) is 32.7 Å². The number of likely N-dealkylation sites (tertiary alicyclic amines) is 1. The molecule has 1 aliphatic rings. The van der Waals surface area contributed by atoms with E-state index in [9.17, 15) is 9.59 Å². The van der Waals surface area contributed by atoms with Crippen LogP contribution < -0.4 is 5.32 Å². The number of carbonyl (C=O) groups excluding carboxylic acids is 2. The van der Waals surface area contributed by atoms with E-state index in [1.165, 1.54) is 5.56 Å². The highest BCUT2D eigenvalue weighted by Gasteiger charge is 2.35. The number of benzene rings is 1. The van der Waals surface area contributed by atoms with Crippen molar-refractivity contribution < 1.29 is 9.59 Å². The third-order valence-electron chi connectivity index (χ3n) is 3.71. The Labute approximate surface area is 120 Å². The Balaban J connectivity index is 1.77. The van der Waals surface area contributed by atoms with Crippen molar-refractivity contribution in [3.05, 3.63) is 35.9 Å². The van der Waals surface area contributed by atoms with Gasteiger partial charge < -0.3 is 10.2 Å². The van der Waals surface area contributed by atoms with Crippen LogP contribution in [0.25, 0.3) is 0 Å². The first-order valence-electron chi connectivity index (χ1n) is 7.19. The van der Waals surface area contributed by atoms with Crippen LogP contribution in [0.5, 0.6) is 0 Å². The Morgan fingerprint density at radius 2 is 2.05 bits per heavy atom. The summed E-state index contributed by atoms with van der Waals surface area (Å²) in [6.45, 7) is 5.13. The number of nitrogens with one attached hydrogen (secondary N) is 1. The Morgan fingerprint density at radius 3 is 2.65 bits per heavy atom. The zero-order valence-corrected chi connectivity index (χ0v) is 12.1. The summed E-state index contributed by atoms with van der Waals surface area (Å²) in [5.41, 5.74) is 1.21. The first-order valence-corrected chi connectivity index (χ1v) is 7.19. The molecular formula is C16H22N2O2. The minimum atomic E-state index is -0.194. The number of carbonyl (C=O) groups is 2. The standard InChI is InChI=1S/C16H22N2O2/c1-12(2)18-11-14(10-15(18)19)16(20)17-9-8-13-6-4-3-5-7-13/h3-7,12,14H,8-11H2,1-2H3,(H,17,20). The lowest BCUT2D eigenvalue weighted by Gasteiger charge is -2.20. The van der Waals surface area contributed by atoms with Gasteiger partial charge in [-0.2, -0.15) is 0 Å². The molecule has 0 aromatic heterocycles. The van der Waals surface area contributed by atoms with Gasteiger partial charge in [0.2, 0.25) is 11.8 Å². The van der Waals surface area contributed by atoms with Crippen LogP contribution in [-0.2, 0) is 16.0 Å². The minimum Gasteiger partial charge on any atom is -0.355 e. The summed E-state index contributed by atoms with van der Waals surface area (Å²) in [7, 11) is 0. The molecular weight excluding hydrogens is 252 g/mol. The first-order chi connectivity index (χ1) is 9.58. The van der Waals surface area contributed by atoms with Crippen LogP contribution >= 0.6 is 0 Å². The molecule has 0 aliphatic carbocycles. The molecule has 1 N–H and O–H groups in total. The maximum Gasteiger partial charge on any atom is 0.225 e. The Bertz CT molecular complexity index is 471. The van der Waals surface area contributed by atoms with Crippen molar-refractivity contribution >= 4 is 11.8 Å². The highest BCUT2D eigenvalue weighted by atomic mass is 16.2. The van der Waals surface area contributed by atoms with Crippen molar-refractivity contribution in [1.82, 2.24) is 10.2 Å². The van der Waals surface area contributed by atoms with Crippen molar-refractivity contribution in [2.75, 3.05) is 13.1 Å². The molecule has 1 aromatic rings. The third kappa shape index (κ3) is 3.59. The van der Waals surface area contributed by atoms with Crippen molar-refractivity contribution in [1.29, 1.82) is 0 Å². The zero-order chi connectivity index (χ0) is 14.5. The van der Waals surface area contributed by atoms with Gasteiger partial charge in [0.1, 0.15) is 0 Å². The Kier molecular flexibility index (Phi) is 4.77. The Morgan fingerprint density at radius 1 is 1.35 bits per heavy atom. The van der Waals surface area contributed by atoms with Gasteiger partial charge in [0, 0.05) is 25.6 Å². The summed E-state index contributed by atoms with van der Waals surface area (Å²) in [4.78, 5) is 25.6. The average molecular weight is 274 g/mol. The van der Waals surface area contributed by atoms with Gasteiger partial charge in [-0.05, 0) is 25.8 Å². The summed E-state index contributed by atoms with van der Waals surface area (Å²) in [6, 6.07) is 10.2. The molecule has 4 heteroatoms. The molecule has 2 rings (SSSR count). The molecule has 20 heavy (non-hydrogen) atoms. The molecule has 2 amide bonds. The molecule has 1 aromatic carbocycles. The maximum atomic E-state index is 12.1. The quantitative estimate of drug-likeness (QED) is 0.886. The highest BCUT2D eigenvalue weighted by Crippen LogP contribution is 2.20. The van der Waals surface area contributed by atoms with E-state index in [1.807, 2.05) is 44.2 Å². The van der Waals surface area contributed by atoms with Gasteiger partial charge in [0.25, 0.3) is 0 Å². The monoisotopic (exact) mass is 274 g/mol. The minimum absolute atomic E-state index is 0.00238. The molecule has 1 heterocycles. The third-order valence-corrected chi connectivity index (χ3v) is 3.71. The molecule has 1 atom stereocenters. The van der Waals surface area contributed by atoms with Gasteiger partial charge in [-0.3, -0.25) is 9.59 Å². The molecule has 0 spiro atoms. The molecule has 1 aliphatic heterocycles. The van der Waals surface area contributed by atoms with Gasteiger partial charge in [-0.15, -0.1) is 0 Å². The molecule has 1 unspecified atom stereocenters. The van der Waals surface area contributed by atoms with E-state index in [2.05, 4.69) is 5.32 Å². The zero-order valence-electron chi connectivity index (χ0n) is 12.1. The van der Waals surface area contributed by atoms with Gasteiger partial charge >= 0.3 is 0 Å². The summed E-state index contributed by atoms with van der Waals surface area (Å²) in [5.74, 6) is -0.110. The lowest BCUT2D eigenvalue weighted by Crippen LogP contribution is -2.36. The SMILES string of the molecule is CC(C)N1CC(C(=O)NCCc2ccccc2)CC1=O. The van der Waals surface area contributed by atoms with E-state index >= 15 is 0 Å². The van der Waals surface area contributed by atoms with E-state index in [0.29, 0.717) is 19.5 Å². The van der Waals surface area contributed by atoms with Gasteiger partial charge in [-0.25, -0.2) is 0 Å². The van der Waals surface area contributed by atoms with Gasteiger partial charge in [0.05, 0.1) is 5.92 Å². The van der Waals surface area contributed by atoms with Crippen LogP contribution in [-0.4, -0.2) is 35.8 Å². The van der Waals surface area contributed by atoms with Crippen LogP contribution in [0.4, 0.5) is 0 Å². The molecule has 1 saturated heterocycles. The molecule has 108 valence electrons. The predicted molar refractivity (Wildman–Crippen MR) is 78.1 cm³/mol. The lowest BCUT2D eigenvalue weighted by molar-refractivity contribution is -0.129. The first kappa shape index (κ1) is 14.6. The van der Waals surface area contributed by atoms with E-state index in [0.717, 1.165) is 6.42 Å². The smallest absolute Gasteiger partial charge is 0.225 e. The topological polar surface area (TPSA) is 49.4 Å². The normalized spacial score (nSPS) is 18.6. The van der Waals surface area contributed by atoms with Crippen LogP contribution in [0.1, 0.15) is 25.8 Å². The van der Waals surface area contributed by atoms with Crippen LogP contribution in [0.3, 0.4) is 0 Å². The van der Waals surface area contributed by atoms with Gasteiger partial charge in [0.15, 0.2) is 0 Å². The maximum absolute atomic E-state index is 12.1. The van der Waals surface area contributed by atoms with Crippen LogP contribution in [0.2, 0.25) is 0 Å². The fourth-order valence-electron chi connectivity index (χ4n) is 2.53. The highest BCUT2D eigenvalue weighted by molar-refractivity contribution is 5.89. The number of nitrogens with zero attached hydrogens (tertiary/aromatic N) is 1. The van der Waals surface area contributed by atoms with Gasteiger partial charge in [-0.1, -0.05) is 30.3 Å². The molecule has 0 radical (unpaired) electrons. The van der Waals surface area contributed by atoms with E-state index in [1.54, 1.807) is 4.90 Å². The summed E-state index contributed by atoms with van der Waals surface area (Å²) in [6.07, 6.45) is 1.16. The second-order valence-electron chi connectivity index (χ2n) is 5.57. The second kappa shape index (κ2) is 6.55. The number of rotatable bonds is 5. The summed E-state index contributed by atoms with van der Waals surface area (Å²) >= 11 is 0. The fourth-order valence-corrected chi connectivity index (χ4v) is 2.53. The second-order valence-corrected chi connectivity index (χ2v) is 5.57. The van der Waals surface area contributed by atoms with E-state index < -0.39 is 0 Å². The van der Waals surface area contributed by atoms with E-state index in [4.69, 9.17) is 0 Å². The Hall–Kier alpha value is -1.84. The van der Waals surface area contributed by atoms with Crippen molar-refractivity contribution in [2.24, 2.45) is 5.92 Å². The van der Waals surface area contributed by atoms with E-state index in [-0.39, 0.29) is 23.8 Å². The summed E-state index contributed by atoms with van der Waals surface area (Å²) in [5, 5.41) is 2.94. The number of amides is 2. The van der Waals surface area contributed by atoms with Crippen molar-refractivity contribution in [3.8, 4) is 0 Å². The summed E-state index contributed by atoms with van der Waals surface area (Å²) < 4.78 is 0. The van der Waals surface area contributed by atoms with Crippen molar-refractivity contribution in [3.63, 3.8) is 0 Å². The number of hydrogen-bond acceptors (Lipinski definition) is 2. The fraction of sp³-hybridized carbons (Fsp3) is 0.500.